The van der Waals surface area contributed by atoms with Crippen molar-refractivity contribution in [1.82, 2.24) is 9.80 Å². The lowest BCUT2D eigenvalue weighted by Crippen LogP contribution is -2.74. The smallest absolute Gasteiger partial charge is 0.0714 e. The highest BCUT2D eigenvalue weighted by Crippen LogP contribution is 2.44. The lowest BCUT2D eigenvalue weighted by atomic mass is 9.64. The van der Waals surface area contributed by atoms with Crippen LogP contribution in [0.3, 0.4) is 0 Å². The molecule has 4 fully saturated rings. The van der Waals surface area contributed by atoms with Crippen molar-refractivity contribution < 1.29 is 5.11 Å². The van der Waals surface area contributed by atoms with Crippen LogP contribution in [0.5, 0.6) is 0 Å². The van der Waals surface area contributed by atoms with Crippen LogP contribution in [0.1, 0.15) is 5.56 Å². The van der Waals surface area contributed by atoms with Crippen molar-refractivity contribution in [1.29, 1.82) is 0 Å². The van der Waals surface area contributed by atoms with Crippen LogP contribution in [-0.2, 0) is 5.41 Å². The molecule has 0 aliphatic carbocycles. The average Bonchev–Trinajstić information content (AvgIpc) is 2.36. The Morgan fingerprint density at radius 1 is 1.06 bits per heavy atom. The van der Waals surface area contributed by atoms with E-state index in [9.17, 15) is 5.11 Å². The van der Waals surface area contributed by atoms with E-state index in [1.807, 2.05) is 0 Å². The quantitative estimate of drug-likeness (QED) is 0.761. The molecule has 1 aromatic rings. The van der Waals surface area contributed by atoms with E-state index >= 15 is 0 Å². The number of aliphatic hydroxyl groups is 1. The zero-order valence-corrected chi connectivity index (χ0v) is 9.92. The Bertz CT molecular complexity index is 419. The van der Waals surface area contributed by atoms with E-state index < -0.39 is 0 Å². The second kappa shape index (κ2) is 3.31. The number of nitrogens with zero attached hydrogens (tertiary/aromatic N) is 2. The summed E-state index contributed by atoms with van der Waals surface area (Å²) in [7, 11) is 0. The first kappa shape index (κ1) is 10.1. The molecule has 4 aliphatic rings. The monoisotopic (exact) mass is 230 g/mol. The molecular formula is C14H18N2O. The highest BCUT2D eigenvalue weighted by Gasteiger charge is 2.56. The molecule has 1 N–H and O–H groups in total. The van der Waals surface area contributed by atoms with Gasteiger partial charge in [0.15, 0.2) is 0 Å². The van der Waals surface area contributed by atoms with E-state index in [1.165, 1.54) is 5.56 Å². The van der Waals surface area contributed by atoms with E-state index in [2.05, 4.69) is 40.1 Å². The fourth-order valence-electron chi connectivity index (χ4n) is 4.16. The second-order valence-corrected chi connectivity index (χ2v) is 5.89. The minimum Gasteiger partial charge on any atom is -0.392 e. The summed E-state index contributed by atoms with van der Waals surface area (Å²) in [5, 5.41) is 10.7. The Balaban J connectivity index is 1.81. The molecule has 4 heterocycles. The van der Waals surface area contributed by atoms with Gasteiger partial charge in [0.2, 0.25) is 0 Å². The Hall–Kier alpha value is -0.900. The number of benzene rings is 1. The predicted octanol–water partition coefficient (Wildman–Crippen LogP) is 0.504. The summed E-state index contributed by atoms with van der Waals surface area (Å²) in [6, 6.07) is 10.6. The van der Waals surface area contributed by atoms with Crippen molar-refractivity contribution in [3.05, 3.63) is 35.9 Å². The standard InChI is InChI=1S/C14H18N2O/c17-13-11-6-15-8-14(13,9-16(7-11)10-15)12-4-2-1-3-5-12/h1-5,11,13,17H,6-10H2/t11?,13-,14?/m0/s1. The normalized spacial score (nSPS) is 47.4. The minimum absolute atomic E-state index is 0.0410. The zero-order valence-electron chi connectivity index (χ0n) is 9.92. The Morgan fingerprint density at radius 3 is 2.35 bits per heavy atom. The Labute approximate surface area is 102 Å². The van der Waals surface area contributed by atoms with Crippen LogP contribution >= 0.6 is 0 Å². The van der Waals surface area contributed by atoms with Gasteiger partial charge < -0.3 is 5.11 Å². The van der Waals surface area contributed by atoms with Gasteiger partial charge in [-0.1, -0.05) is 30.3 Å². The van der Waals surface area contributed by atoms with Crippen molar-refractivity contribution in [2.75, 3.05) is 32.8 Å². The van der Waals surface area contributed by atoms with E-state index in [0.29, 0.717) is 5.92 Å². The van der Waals surface area contributed by atoms with Gasteiger partial charge in [-0.25, -0.2) is 0 Å². The van der Waals surface area contributed by atoms with Gasteiger partial charge in [-0.2, -0.15) is 0 Å². The van der Waals surface area contributed by atoms with Crippen molar-refractivity contribution in [3.8, 4) is 0 Å². The molecule has 4 aliphatic heterocycles. The van der Waals surface area contributed by atoms with Crippen molar-refractivity contribution in [3.63, 3.8) is 0 Å². The summed E-state index contributed by atoms with van der Waals surface area (Å²) in [6.07, 6.45) is -0.169. The third-order valence-corrected chi connectivity index (χ3v) is 4.76. The van der Waals surface area contributed by atoms with E-state index in [4.69, 9.17) is 0 Å². The Kier molecular flexibility index (Phi) is 1.96. The SMILES string of the molecule is O[C@H]1C2CN3CN(C2)CC1(c1ccccc1)C3. The first-order valence-electron chi connectivity index (χ1n) is 6.46. The van der Waals surface area contributed by atoms with E-state index in [0.717, 1.165) is 32.8 Å². The third kappa shape index (κ3) is 1.27. The van der Waals surface area contributed by atoms with Crippen molar-refractivity contribution in [2.45, 2.75) is 11.5 Å². The maximum Gasteiger partial charge on any atom is 0.0714 e. The minimum atomic E-state index is -0.169. The lowest BCUT2D eigenvalue weighted by Gasteiger charge is -2.62. The van der Waals surface area contributed by atoms with Crippen LogP contribution in [0.4, 0.5) is 0 Å². The molecule has 3 heteroatoms. The summed E-state index contributed by atoms with van der Waals surface area (Å²) in [5.74, 6) is 0.437. The molecule has 4 saturated heterocycles. The second-order valence-electron chi connectivity index (χ2n) is 5.89. The molecule has 17 heavy (non-hydrogen) atoms. The fourth-order valence-corrected chi connectivity index (χ4v) is 4.16. The maximum absolute atomic E-state index is 10.7. The van der Waals surface area contributed by atoms with Gasteiger partial charge in [0.05, 0.1) is 12.8 Å². The van der Waals surface area contributed by atoms with Crippen molar-refractivity contribution >= 4 is 0 Å². The predicted molar refractivity (Wildman–Crippen MR) is 65.6 cm³/mol. The summed E-state index contributed by atoms with van der Waals surface area (Å²) in [5.41, 5.74) is 1.27. The van der Waals surface area contributed by atoms with Crippen LogP contribution in [-0.4, -0.2) is 53.9 Å². The van der Waals surface area contributed by atoms with Crippen LogP contribution in [0.2, 0.25) is 0 Å². The molecule has 2 unspecified atom stereocenters. The first-order chi connectivity index (χ1) is 8.28. The topological polar surface area (TPSA) is 26.7 Å². The van der Waals surface area contributed by atoms with Gasteiger partial charge in [0.25, 0.3) is 0 Å². The number of hydrogen-bond acceptors (Lipinski definition) is 3. The molecular weight excluding hydrogens is 212 g/mol. The average molecular weight is 230 g/mol. The molecule has 3 atom stereocenters. The largest absolute Gasteiger partial charge is 0.392 e. The van der Waals surface area contributed by atoms with Gasteiger partial charge in [0.1, 0.15) is 0 Å². The highest BCUT2D eigenvalue weighted by atomic mass is 16.3. The summed E-state index contributed by atoms with van der Waals surface area (Å²) in [4.78, 5) is 4.99. The van der Waals surface area contributed by atoms with Crippen LogP contribution in [0, 0.1) is 5.92 Å². The molecule has 0 spiro atoms. The molecule has 3 nitrogen and oxygen atoms in total. The van der Waals surface area contributed by atoms with Gasteiger partial charge in [-0.05, 0) is 5.56 Å². The van der Waals surface area contributed by atoms with Gasteiger partial charge in [0, 0.05) is 37.5 Å². The van der Waals surface area contributed by atoms with E-state index in [1.54, 1.807) is 0 Å². The third-order valence-electron chi connectivity index (χ3n) is 4.76. The molecule has 0 saturated carbocycles. The van der Waals surface area contributed by atoms with Crippen LogP contribution < -0.4 is 0 Å². The lowest BCUT2D eigenvalue weighted by molar-refractivity contribution is -0.158. The maximum atomic E-state index is 10.7. The number of aliphatic hydroxyl groups excluding tert-OH is 1. The van der Waals surface area contributed by atoms with Crippen LogP contribution in [0.15, 0.2) is 30.3 Å². The van der Waals surface area contributed by atoms with E-state index in [-0.39, 0.29) is 11.5 Å². The molecule has 5 rings (SSSR count). The van der Waals surface area contributed by atoms with Gasteiger partial charge >= 0.3 is 0 Å². The number of rotatable bonds is 1. The fraction of sp³-hybridized carbons (Fsp3) is 0.571. The zero-order chi connectivity index (χ0) is 11.5. The molecule has 90 valence electrons. The molecule has 0 aromatic heterocycles. The molecule has 1 aromatic carbocycles. The number of piperidine rings is 2. The van der Waals surface area contributed by atoms with Gasteiger partial charge in [-0.15, -0.1) is 0 Å². The highest BCUT2D eigenvalue weighted by molar-refractivity contribution is 5.32. The molecule has 0 radical (unpaired) electrons. The Morgan fingerprint density at radius 2 is 1.71 bits per heavy atom. The van der Waals surface area contributed by atoms with Gasteiger partial charge in [-0.3, -0.25) is 9.80 Å². The number of hydrogen-bond donors (Lipinski definition) is 1. The molecule has 0 amide bonds. The molecule has 4 bridgehead atoms. The summed E-state index contributed by atoms with van der Waals surface area (Å²) >= 11 is 0. The summed E-state index contributed by atoms with van der Waals surface area (Å²) < 4.78 is 0. The van der Waals surface area contributed by atoms with Crippen LogP contribution in [0.25, 0.3) is 0 Å². The van der Waals surface area contributed by atoms with Crippen molar-refractivity contribution in [2.24, 2.45) is 5.92 Å². The summed E-state index contributed by atoms with van der Waals surface area (Å²) in [6.45, 7) is 5.28. The first-order valence-corrected chi connectivity index (χ1v) is 6.46.